The van der Waals surface area contributed by atoms with Crippen LogP contribution in [0, 0.1) is 0 Å². The summed E-state index contributed by atoms with van der Waals surface area (Å²) in [6.45, 7) is 1.95. The van der Waals surface area contributed by atoms with Crippen molar-refractivity contribution in [2.75, 3.05) is 11.3 Å². The zero-order chi connectivity index (χ0) is 16.2. The molecule has 1 aromatic carbocycles. The Morgan fingerprint density at radius 2 is 2.22 bits per heavy atom. The Morgan fingerprint density at radius 1 is 1.35 bits per heavy atom. The van der Waals surface area contributed by atoms with E-state index < -0.39 is 0 Å². The summed E-state index contributed by atoms with van der Waals surface area (Å²) in [5.74, 6) is 8.14. The molecule has 3 rings (SSSR count). The summed E-state index contributed by atoms with van der Waals surface area (Å²) in [5.41, 5.74) is 3.63. The Kier molecular flexibility index (Phi) is 4.29. The minimum Gasteiger partial charge on any atom is -0.455 e. The number of nitrogen functional groups attached to an aromatic ring is 1. The molecule has 7 nitrogen and oxygen atoms in total. The molecule has 0 unspecified atom stereocenters. The molecule has 0 amide bonds. The lowest BCUT2D eigenvalue weighted by molar-refractivity contribution is 0.575. The monoisotopic (exact) mass is 330 g/mol. The first kappa shape index (κ1) is 15.1. The first-order valence-electron chi connectivity index (χ1n) is 7.01. The smallest absolute Gasteiger partial charge is 0.263 e. The van der Waals surface area contributed by atoms with Crippen molar-refractivity contribution in [2.24, 2.45) is 5.10 Å². The fraction of sp³-hybridized carbons (Fsp3) is 0.133. The fourth-order valence-electron chi connectivity index (χ4n) is 2.01. The molecular formula is C15H15ClN6O. The standard InChI is InChI=1S/C15H15ClN6O/c1-2-14-19-21-15(22(14)17)20-18-9-12-6-7-13(23-12)10-4-3-5-11(16)8-10/h3-9H,2,17H2,1H3,(H,20,21). The van der Waals surface area contributed by atoms with Crippen LogP contribution in [0.5, 0.6) is 0 Å². The van der Waals surface area contributed by atoms with Crippen LogP contribution in [0.3, 0.4) is 0 Å². The van der Waals surface area contributed by atoms with Crippen molar-refractivity contribution in [1.82, 2.24) is 14.9 Å². The van der Waals surface area contributed by atoms with Gasteiger partial charge < -0.3 is 10.3 Å². The van der Waals surface area contributed by atoms with Crippen LogP contribution in [-0.2, 0) is 6.42 Å². The molecule has 118 valence electrons. The topological polar surface area (TPSA) is 94.3 Å². The minimum absolute atomic E-state index is 0.361. The number of furan rings is 1. The van der Waals surface area contributed by atoms with Gasteiger partial charge in [0.1, 0.15) is 11.5 Å². The van der Waals surface area contributed by atoms with E-state index in [1.165, 1.54) is 10.9 Å². The zero-order valence-electron chi connectivity index (χ0n) is 12.4. The second-order valence-electron chi connectivity index (χ2n) is 4.75. The van der Waals surface area contributed by atoms with E-state index in [0.717, 1.165) is 5.56 Å². The van der Waals surface area contributed by atoms with Crippen molar-refractivity contribution >= 4 is 23.8 Å². The molecule has 0 aliphatic heterocycles. The van der Waals surface area contributed by atoms with Crippen LogP contribution >= 0.6 is 11.6 Å². The average molecular weight is 331 g/mol. The van der Waals surface area contributed by atoms with Gasteiger partial charge in [0.05, 0.1) is 6.21 Å². The van der Waals surface area contributed by atoms with Crippen molar-refractivity contribution in [3.05, 3.63) is 53.0 Å². The molecule has 23 heavy (non-hydrogen) atoms. The second kappa shape index (κ2) is 6.53. The number of aromatic nitrogens is 3. The van der Waals surface area contributed by atoms with Crippen LogP contribution in [-0.4, -0.2) is 21.1 Å². The zero-order valence-corrected chi connectivity index (χ0v) is 13.2. The van der Waals surface area contributed by atoms with E-state index in [-0.39, 0.29) is 0 Å². The van der Waals surface area contributed by atoms with Crippen LogP contribution in [0.25, 0.3) is 11.3 Å². The summed E-state index contributed by atoms with van der Waals surface area (Å²) in [6.07, 6.45) is 2.23. The highest BCUT2D eigenvalue weighted by molar-refractivity contribution is 6.30. The number of hydrogen-bond donors (Lipinski definition) is 2. The summed E-state index contributed by atoms with van der Waals surface area (Å²) in [7, 11) is 0. The largest absolute Gasteiger partial charge is 0.455 e. The predicted molar refractivity (Wildman–Crippen MR) is 89.9 cm³/mol. The molecule has 3 N–H and O–H groups in total. The first-order chi connectivity index (χ1) is 11.2. The maximum atomic E-state index is 5.98. The Bertz CT molecular complexity index is 838. The molecule has 0 saturated carbocycles. The number of hydrazone groups is 1. The highest BCUT2D eigenvalue weighted by Crippen LogP contribution is 2.24. The normalized spacial score (nSPS) is 11.2. The van der Waals surface area contributed by atoms with Crippen molar-refractivity contribution in [1.29, 1.82) is 0 Å². The molecule has 3 aromatic rings. The third kappa shape index (κ3) is 3.35. The van der Waals surface area contributed by atoms with E-state index in [1.54, 1.807) is 0 Å². The van der Waals surface area contributed by atoms with Gasteiger partial charge in [0, 0.05) is 17.0 Å². The molecule has 0 aliphatic carbocycles. The number of nitrogens with two attached hydrogens (primary N) is 1. The molecule has 0 bridgehead atoms. The van der Waals surface area contributed by atoms with Crippen molar-refractivity contribution in [3.8, 4) is 11.3 Å². The number of aryl methyl sites for hydroxylation is 1. The van der Waals surface area contributed by atoms with Gasteiger partial charge in [-0.1, -0.05) is 30.7 Å². The van der Waals surface area contributed by atoms with Gasteiger partial charge in [-0.05, 0) is 24.3 Å². The van der Waals surface area contributed by atoms with Crippen LogP contribution < -0.4 is 11.3 Å². The van der Waals surface area contributed by atoms with E-state index >= 15 is 0 Å². The Hall–Kier alpha value is -2.80. The van der Waals surface area contributed by atoms with E-state index in [2.05, 4.69) is 20.7 Å². The summed E-state index contributed by atoms with van der Waals surface area (Å²) in [6, 6.07) is 11.1. The predicted octanol–water partition coefficient (Wildman–Crippen LogP) is 2.91. The number of hydrogen-bond acceptors (Lipinski definition) is 6. The van der Waals surface area contributed by atoms with Gasteiger partial charge in [-0.25, -0.2) is 10.1 Å². The molecule has 0 fully saturated rings. The van der Waals surface area contributed by atoms with Crippen molar-refractivity contribution < 1.29 is 4.42 Å². The molecule has 0 spiro atoms. The van der Waals surface area contributed by atoms with E-state index in [4.69, 9.17) is 21.9 Å². The SMILES string of the molecule is CCc1nnc(NN=Cc2ccc(-c3cccc(Cl)c3)o2)n1N. The molecular weight excluding hydrogens is 316 g/mol. The highest BCUT2D eigenvalue weighted by Gasteiger charge is 2.06. The molecule has 2 aromatic heterocycles. The van der Waals surface area contributed by atoms with E-state index in [1.807, 2.05) is 43.3 Å². The molecule has 0 saturated heterocycles. The minimum atomic E-state index is 0.361. The number of nitrogens with zero attached hydrogens (tertiary/aromatic N) is 4. The van der Waals surface area contributed by atoms with Crippen molar-refractivity contribution in [3.63, 3.8) is 0 Å². The number of nitrogens with one attached hydrogen (secondary N) is 1. The summed E-state index contributed by atoms with van der Waals surface area (Å²) >= 11 is 5.98. The lowest BCUT2D eigenvalue weighted by atomic mass is 10.2. The van der Waals surface area contributed by atoms with Gasteiger partial charge in [-0.3, -0.25) is 0 Å². The van der Waals surface area contributed by atoms with Gasteiger partial charge in [0.2, 0.25) is 0 Å². The van der Waals surface area contributed by atoms with Gasteiger partial charge in [0.15, 0.2) is 5.82 Å². The Balaban J connectivity index is 1.70. The average Bonchev–Trinajstić information content (AvgIpc) is 3.15. The number of halogens is 1. The van der Waals surface area contributed by atoms with Gasteiger partial charge in [-0.2, -0.15) is 5.10 Å². The van der Waals surface area contributed by atoms with Crippen LogP contribution in [0.2, 0.25) is 5.02 Å². The third-order valence-corrected chi connectivity index (χ3v) is 3.41. The lowest BCUT2D eigenvalue weighted by Crippen LogP contribution is -2.14. The van der Waals surface area contributed by atoms with Gasteiger partial charge in [0.25, 0.3) is 5.95 Å². The molecule has 8 heteroatoms. The summed E-state index contributed by atoms with van der Waals surface area (Å²) < 4.78 is 7.06. The van der Waals surface area contributed by atoms with E-state index in [9.17, 15) is 0 Å². The lowest BCUT2D eigenvalue weighted by Gasteiger charge is -2.00. The quantitative estimate of drug-likeness (QED) is 0.426. The maximum absolute atomic E-state index is 5.98. The molecule has 0 radical (unpaired) electrons. The first-order valence-corrected chi connectivity index (χ1v) is 7.39. The van der Waals surface area contributed by atoms with Crippen LogP contribution in [0.15, 0.2) is 45.9 Å². The molecule has 2 heterocycles. The van der Waals surface area contributed by atoms with Gasteiger partial charge >= 0.3 is 0 Å². The Morgan fingerprint density at radius 3 is 2.96 bits per heavy atom. The Labute approximate surface area is 137 Å². The number of rotatable bonds is 5. The second-order valence-corrected chi connectivity index (χ2v) is 5.18. The maximum Gasteiger partial charge on any atom is 0.263 e. The van der Waals surface area contributed by atoms with Crippen LogP contribution in [0.1, 0.15) is 18.5 Å². The fourth-order valence-corrected chi connectivity index (χ4v) is 2.20. The number of benzene rings is 1. The summed E-state index contributed by atoms with van der Waals surface area (Å²) in [5, 5.41) is 12.5. The number of anilines is 1. The van der Waals surface area contributed by atoms with Crippen molar-refractivity contribution in [2.45, 2.75) is 13.3 Å². The molecule has 0 aliphatic rings. The third-order valence-electron chi connectivity index (χ3n) is 3.17. The van der Waals surface area contributed by atoms with E-state index in [0.29, 0.717) is 34.7 Å². The summed E-state index contributed by atoms with van der Waals surface area (Å²) in [4.78, 5) is 0. The van der Waals surface area contributed by atoms with Crippen LogP contribution in [0.4, 0.5) is 5.95 Å². The molecule has 0 atom stereocenters. The highest BCUT2D eigenvalue weighted by atomic mass is 35.5. The van der Waals surface area contributed by atoms with Gasteiger partial charge in [-0.15, -0.1) is 10.2 Å².